The van der Waals surface area contributed by atoms with Crippen molar-refractivity contribution in [2.24, 2.45) is 0 Å². The molecule has 1 aliphatic heterocycles. The number of amides is 2. The number of rotatable bonds is 4. The molecule has 0 fully saturated rings. The second kappa shape index (κ2) is 6.45. The van der Waals surface area contributed by atoms with Crippen molar-refractivity contribution >= 4 is 34.8 Å². The molecule has 0 bridgehead atoms. The van der Waals surface area contributed by atoms with Gasteiger partial charge < -0.3 is 10.2 Å². The zero-order chi connectivity index (χ0) is 17.3. The third kappa shape index (κ3) is 3.03. The Kier molecular flexibility index (Phi) is 4.36. The van der Waals surface area contributed by atoms with Crippen LogP contribution in [-0.4, -0.2) is 23.3 Å². The lowest BCUT2D eigenvalue weighted by Gasteiger charge is -2.17. The number of fused-ring (bicyclic) bond motifs is 1. The van der Waals surface area contributed by atoms with Crippen molar-refractivity contribution in [1.82, 2.24) is 4.90 Å². The highest BCUT2D eigenvalue weighted by molar-refractivity contribution is 6.30. The largest absolute Gasteiger partial charge is 0.323 e. The molecule has 2 aromatic carbocycles. The SMILES string of the molecule is C=C1c2ccccc2C(=O)N1CCC(=O)Nc1cc(Cl)ccc1F. The lowest BCUT2D eigenvalue weighted by molar-refractivity contribution is -0.116. The van der Waals surface area contributed by atoms with Crippen molar-refractivity contribution < 1.29 is 14.0 Å². The van der Waals surface area contributed by atoms with Gasteiger partial charge in [0.25, 0.3) is 5.91 Å². The highest BCUT2D eigenvalue weighted by Gasteiger charge is 2.30. The molecule has 1 heterocycles. The average Bonchev–Trinajstić information content (AvgIpc) is 2.81. The van der Waals surface area contributed by atoms with Crippen LogP contribution in [-0.2, 0) is 4.79 Å². The van der Waals surface area contributed by atoms with Gasteiger partial charge in [0, 0.05) is 34.8 Å². The predicted molar refractivity (Wildman–Crippen MR) is 91.2 cm³/mol. The zero-order valence-corrected chi connectivity index (χ0v) is 13.4. The molecular weight excluding hydrogens is 331 g/mol. The fourth-order valence-electron chi connectivity index (χ4n) is 2.59. The third-order valence-corrected chi connectivity index (χ3v) is 4.04. The summed E-state index contributed by atoms with van der Waals surface area (Å²) in [6.45, 7) is 4.08. The van der Waals surface area contributed by atoms with Crippen LogP contribution >= 0.6 is 11.6 Å². The summed E-state index contributed by atoms with van der Waals surface area (Å²) in [6, 6.07) is 11.1. The molecule has 0 aliphatic carbocycles. The van der Waals surface area contributed by atoms with E-state index >= 15 is 0 Å². The molecule has 122 valence electrons. The Morgan fingerprint density at radius 1 is 1.21 bits per heavy atom. The molecule has 0 atom stereocenters. The average molecular weight is 345 g/mol. The Bertz CT molecular complexity index is 816. The first kappa shape index (κ1) is 16.2. The normalized spacial score (nSPS) is 13.2. The van der Waals surface area contributed by atoms with E-state index in [4.69, 9.17) is 11.6 Å². The number of carbonyl (C=O) groups is 2. The number of benzene rings is 2. The number of halogens is 2. The van der Waals surface area contributed by atoms with Gasteiger partial charge in [-0.2, -0.15) is 0 Å². The van der Waals surface area contributed by atoms with Gasteiger partial charge in [0.1, 0.15) is 5.82 Å². The Morgan fingerprint density at radius 2 is 1.92 bits per heavy atom. The van der Waals surface area contributed by atoms with Crippen molar-refractivity contribution in [3.8, 4) is 0 Å². The van der Waals surface area contributed by atoms with Crippen LogP contribution in [0.15, 0.2) is 49.0 Å². The minimum absolute atomic E-state index is 0.0161. The first-order chi connectivity index (χ1) is 11.5. The minimum Gasteiger partial charge on any atom is -0.323 e. The lowest BCUT2D eigenvalue weighted by Crippen LogP contribution is -2.27. The molecule has 2 amide bonds. The van der Waals surface area contributed by atoms with E-state index in [0.717, 1.165) is 5.56 Å². The van der Waals surface area contributed by atoms with Crippen molar-refractivity contribution in [2.45, 2.75) is 6.42 Å². The van der Waals surface area contributed by atoms with Crippen LogP contribution in [0, 0.1) is 5.82 Å². The van der Waals surface area contributed by atoms with Crippen LogP contribution in [0.25, 0.3) is 5.70 Å². The summed E-state index contributed by atoms with van der Waals surface area (Å²) in [5, 5.41) is 2.78. The number of hydrogen-bond donors (Lipinski definition) is 1. The molecule has 6 heteroatoms. The molecule has 2 aromatic rings. The van der Waals surface area contributed by atoms with Crippen molar-refractivity contribution in [3.63, 3.8) is 0 Å². The number of carbonyl (C=O) groups excluding carboxylic acids is 2. The lowest BCUT2D eigenvalue weighted by atomic mass is 10.1. The second-order valence-electron chi connectivity index (χ2n) is 5.37. The molecule has 24 heavy (non-hydrogen) atoms. The van der Waals surface area contributed by atoms with Crippen molar-refractivity contribution in [3.05, 3.63) is 71.0 Å². The number of anilines is 1. The van der Waals surface area contributed by atoms with Crippen molar-refractivity contribution in [1.29, 1.82) is 0 Å². The number of nitrogens with zero attached hydrogens (tertiary/aromatic N) is 1. The molecule has 0 aromatic heterocycles. The molecule has 3 rings (SSSR count). The summed E-state index contributed by atoms with van der Waals surface area (Å²) in [6.07, 6.45) is 0.0186. The van der Waals surface area contributed by atoms with Crippen LogP contribution in [0.5, 0.6) is 0 Å². The molecule has 1 N–H and O–H groups in total. The van der Waals surface area contributed by atoms with Gasteiger partial charge in [-0.1, -0.05) is 36.4 Å². The summed E-state index contributed by atoms with van der Waals surface area (Å²) in [5.74, 6) is -1.16. The van der Waals surface area contributed by atoms with Gasteiger partial charge in [0.2, 0.25) is 5.91 Å². The van der Waals surface area contributed by atoms with Crippen LogP contribution in [0.1, 0.15) is 22.3 Å². The van der Waals surface area contributed by atoms with E-state index in [2.05, 4.69) is 11.9 Å². The van der Waals surface area contributed by atoms with E-state index in [-0.39, 0.29) is 24.6 Å². The molecule has 0 saturated heterocycles. The van der Waals surface area contributed by atoms with Gasteiger partial charge in [0.05, 0.1) is 5.69 Å². The van der Waals surface area contributed by atoms with E-state index in [1.165, 1.54) is 23.1 Å². The van der Waals surface area contributed by atoms with E-state index in [9.17, 15) is 14.0 Å². The minimum atomic E-state index is -0.568. The molecule has 1 aliphatic rings. The van der Waals surface area contributed by atoms with E-state index in [0.29, 0.717) is 16.3 Å². The maximum Gasteiger partial charge on any atom is 0.258 e. The van der Waals surface area contributed by atoms with Gasteiger partial charge in [0.15, 0.2) is 0 Å². The van der Waals surface area contributed by atoms with E-state index in [1.54, 1.807) is 12.1 Å². The van der Waals surface area contributed by atoms with E-state index < -0.39 is 11.7 Å². The Hall–Kier alpha value is -2.66. The Balaban J connectivity index is 1.64. The highest BCUT2D eigenvalue weighted by atomic mass is 35.5. The monoisotopic (exact) mass is 344 g/mol. The van der Waals surface area contributed by atoms with Crippen LogP contribution in [0.2, 0.25) is 5.02 Å². The second-order valence-corrected chi connectivity index (χ2v) is 5.81. The topological polar surface area (TPSA) is 49.4 Å². The fourth-order valence-corrected chi connectivity index (χ4v) is 2.76. The summed E-state index contributed by atoms with van der Waals surface area (Å²) >= 11 is 5.79. The van der Waals surface area contributed by atoms with Crippen molar-refractivity contribution in [2.75, 3.05) is 11.9 Å². The van der Waals surface area contributed by atoms with Gasteiger partial charge in [-0.3, -0.25) is 9.59 Å². The summed E-state index contributed by atoms with van der Waals surface area (Å²) in [4.78, 5) is 25.8. The number of nitrogens with one attached hydrogen (secondary N) is 1. The standard InChI is InChI=1S/C18H14ClFN2O2/c1-11-13-4-2-3-5-14(13)18(24)22(11)9-8-17(23)21-16-10-12(19)6-7-15(16)20/h2-7,10H,1,8-9H2,(H,21,23). The fraction of sp³-hybridized carbons (Fsp3) is 0.111. The zero-order valence-electron chi connectivity index (χ0n) is 12.7. The van der Waals surface area contributed by atoms with Gasteiger partial charge in [-0.15, -0.1) is 0 Å². The first-order valence-electron chi connectivity index (χ1n) is 7.32. The Morgan fingerprint density at radius 3 is 2.62 bits per heavy atom. The van der Waals surface area contributed by atoms with Crippen LogP contribution in [0.3, 0.4) is 0 Å². The van der Waals surface area contributed by atoms with Crippen LogP contribution in [0.4, 0.5) is 10.1 Å². The molecule has 0 radical (unpaired) electrons. The predicted octanol–water partition coefficient (Wildman–Crippen LogP) is 3.93. The maximum absolute atomic E-state index is 13.6. The molecule has 4 nitrogen and oxygen atoms in total. The summed E-state index contributed by atoms with van der Waals surface area (Å²) in [7, 11) is 0. The quantitative estimate of drug-likeness (QED) is 0.913. The number of hydrogen-bond acceptors (Lipinski definition) is 2. The van der Waals surface area contributed by atoms with E-state index in [1.807, 2.05) is 12.1 Å². The maximum atomic E-state index is 13.6. The molecule has 0 saturated carbocycles. The van der Waals surface area contributed by atoms with Crippen LogP contribution < -0.4 is 5.32 Å². The van der Waals surface area contributed by atoms with Gasteiger partial charge >= 0.3 is 0 Å². The van der Waals surface area contributed by atoms with Gasteiger partial charge in [-0.25, -0.2) is 4.39 Å². The summed E-state index contributed by atoms with van der Waals surface area (Å²) in [5.41, 5.74) is 1.92. The summed E-state index contributed by atoms with van der Waals surface area (Å²) < 4.78 is 13.6. The molecular formula is C18H14ClFN2O2. The smallest absolute Gasteiger partial charge is 0.258 e. The van der Waals surface area contributed by atoms with Gasteiger partial charge in [-0.05, 0) is 24.3 Å². The third-order valence-electron chi connectivity index (χ3n) is 3.80. The highest BCUT2D eigenvalue weighted by Crippen LogP contribution is 2.31. The Labute approximate surface area is 143 Å². The molecule has 0 spiro atoms. The molecule has 0 unspecified atom stereocenters. The first-order valence-corrected chi connectivity index (χ1v) is 7.70.